The SMILES string of the molecule is CNCc1cnc(-c2ccccc2)[nH]c1=O. The summed E-state index contributed by atoms with van der Waals surface area (Å²) >= 11 is 0. The molecule has 1 aromatic heterocycles. The Morgan fingerprint density at radius 2 is 2.06 bits per heavy atom. The minimum atomic E-state index is -0.0943. The van der Waals surface area contributed by atoms with E-state index in [9.17, 15) is 4.79 Å². The number of nitrogens with zero attached hydrogens (tertiary/aromatic N) is 1. The Balaban J connectivity index is 2.39. The summed E-state index contributed by atoms with van der Waals surface area (Å²) in [6.07, 6.45) is 1.61. The molecule has 16 heavy (non-hydrogen) atoms. The number of rotatable bonds is 3. The van der Waals surface area contributed by atoms with Gasteiger partial charge in [0.05, 0.1) is 0 Å². The third-order valence-electron chi connectivity index (χ3n) is 2.29. The van der Waals surface area contributed by atoms with E-state index in [0.29, 0.717) is 17.9 Å². The molecule has 0 radical (unpaired) electrons. The van der Waals surface area contributed by atoms with Crippen LogP contribution < -0.4 is 10.9 Å². The average Bonchev–Trinajstić information content (AvgIpc) is 2.33. The molecule has 4 nitrogen and oxygen atoms in total. The van der Waals surface area contributed by atoms with E-state index in [0.717, 1.165) is 5.56 Å². The monoisotopic (exact) mass is 215 g/mol. The van der Waals surface area contributed by atoms with Crippen molar-refractivity contribution in [1.29, 1.82) is 0 Å². The molecule has 0 fully saturated rings. The van der Waals surface area contributed by atoms with Crippen LogP contribution in [-0.4, -0.2) is 17.0 Å². The highest BCUT2D eigenvalue weighted by Crippen LogP contribution is 2.11. The molecular weight excluding hydrogens is 202 g/mol. The predicted molar refractivity (Wildman–Crippen MR) is 63.1 cm³/mol. The molecule has 0 unspecified atom stereocenters. The largest absolute Gasteiger partial charge is 0.315 e. The molecule has 82 valence electrons. The Labute approximate surface area is 93.4 Å². The molecule has 1 aromatic carbocycles. The molecule has 2 rings (SSSR count). The second-order valence-electron chi connectivity index (χ2n) is 3.48. The zero-order chi connectivity index (χ0) is 11.4. The molecule has 0 aliphatic carbocycles. The first-order chi connectivity index (χ1) is 7.81. The lowest BCUT2D eigenvalue weighted by atomic mass is 10.2. The van der Waals surface area contributed by atoms with Gasteiger partial charge in [-0.05, 0) is 7.05 Å². The van der Waals surface area contributed by atoms with Crippen molar-refractivity contribution in [3.05, 3.63) is 52.4 Å². The number of H-pyrrole nitrogens is 1. The van der Waals surface area contributed by atoms with Crippen LogP contribution in [0.3, 0.4) is 0 Å². The van der Waals surface area contributed by atoms with Crippen LogP contribution in [0.5, 0.6) is 0 Å². The van der Waals surface area contributed by atoms with Gasteiger partial charge in [0.25, 0.3) is 5.56 Å². The van der Waals surface area contributed by atoms with Crippen molar-refractivity contribution in [1.82, 2.24) is 15.3 Å². The standard InChI is InChI=1S/C12H13N3O/c1-13-7-10-8-14-11(15-12(10)16)9-5-3-2-4-6-9/h2-6,8,13H,7H2,1H3,(H,14,15,16). The fraction of sp³-hybridized carbons (Fsp3) is 0.167. The summed E-state index contributed by atoms with van der Waals surface area (Å²) in [5, 5.41) is 2.92. The fourth-order valence-corrected chi connectivity index (χ4v) is 1.48. The van der Waals surface area contributed by atoms with Crippen LogP contribution >= 0.6 is 0 Å². The first-order valence-corrected chi connectivity index (χ1v) is 5.09. The van der Waals surface area contributed by atoms with Crippen LogP contribution in [0, 0.1) is 0 Å². The highest BCUT2D eigenvalue weighted by Gasteiger charge is 2.02. The first-order valence-electron chi connectivity index (χ1n) is 5.09. The van der Waals surface area contributed by atoms with E-state index in [1.54, 1.807) is 13.2 Å². The molecule has 2 N–H and O–H groups in total. The minimum Gasteiger partial charge on any atom is -0.315 e. The zero-order valence-corrected chi connectivity index (χ0v) is 9.03. The summed E-state index contributed by atoms with van der Waals surface area (Å²) < 4.78 is 0. The number of aromatic amines is 1. The van der Waals surface area contributed by atoms with E-state index in [-0.39, 0.29) is 5.56 Å². The number of hydrogen-bond acceptors (Lipinski definition) is 3. The van der Waals surface area contributed by atoms with Gasteiger partial charge < -0.3 is 10.3 Å². The van der Waals surface area contributed by atoms with Gasteiger partial charge in [0.15, 0.2) is 0 Å². The van der Waals surface area contributed by atoms with Gasteiger partial charge in [-0.15, -0.1) is 0 Å². The van der Waals surface area contributed by atoms with Crippen LogP contribution in [0.15, 0.2) is 41.3 Å². The fourth-order valence-electron chi connectivity index (χ4n) is 1.48. The maximum Gasteiger partial charge on any atom is 0.255 e. The first kappa shape index (κ1) is 10.6. The maximum atomic E-state index is 11.7. The molecule has 0 saturated heterocycles. The van der Waals surface area contributed by atoms with Gasteiger partial charge in [0, 0.05) is 23.9 Å². The Bertz CT molecular complexity index is 519. The van der Waals surface area contributed by atoms with Crippen molar-refractivity contribution in [2.24, 2.45) is 0 Å². The van der Waals surface area contributed by atoms with E-state index in [2.05, 4.69) is 15.3 Å². The average molecular weight is 215 g/mol. The van der Waals surface area contributed by atoms with Gasteiger partial charge in [0.1, 0.15) is 5.82 Å². The second-order valence-corrected chi connectivity index (χ2v) is 3.48. The Morgan fingerprint density at radius 1 is 1.31 bits per heavy atom. The molecule has 4 heteroatoms. The molecule has 0 atom stereocenters. The molecular formula is C12H13N3O. The van der Waals surface area contributed by atoms with E-state index in [1.165, 1.54) is 0 Å². The second kappa shape index (κ2) is 4.72. The number of hydrogen-bond donors (Lipinski definition) is 2. The molecule has 0 spiro atoms. The topological polar surface area (TPSA) is 57.8 Å². The third kappa shape index (κ3) is 2.17. The minimum absolute atomic E-state index is 0.0943. The van der Waals surface area contributed by atoms with Gasteiger partial charge in [-0.1, -0.05) is 30.3 Å². The predicted octanol–water partition coefficient (Wildman–Crippen LogP) is 1.16. The van der Waals surface area contributed by atoms with E-state index < -0.39 is 0 Å². The van der Waals surface area contributed by atoms with Crippen molar-refractivity contribution < 1.29 is 0 Å². The van der Waals surface area contributed by atoms with E-state index >= 15 is 0 Å². The molecule has 1 heterocycles. The zero-order valence-electron chi connectivity index (χ0n) is 9.03. The lowest BCUT2D eigenvalue weighted by Gasteiger charge is -2.02. The van der Waals surface area contributed by atoms with Gasteiger partial charge in [-0.2, -0.15) is 0 Å². The van der Waals surface area contributed by atoms with Gasteiger partial charge in [-0.25, -0.2) is 4.98 Å². The lowest BCUT2D eigenvalue weighted by Crippen LogP contribution is -2.19. The number of nitrogens with one attached hydrogen (secondary N) is 2. The quantitative estimate of drug-likeness (QED) is 0.807. The van der Waals surface area contributed by atoms with Crippen molar-refractivity contribution in [2.45, 2.75) is 6.54 Å². The Hall–Kier alpha value is -1.94. The Morgan fingerprint density at radius 3 is 2.69 bits per heavy atom. The maximum absolute atomic E-state index is 11.7. The molecule has 0 bridgehead atoms. The van der Waals surface area contributed by atoms with Crippen molar-refractivity contribution in [3.63, 3.8) is 0 Å². The summed E-state index contributed by atoms with van der Waals surface area (Å²) in [6.45, 7) is 0.525. The highest BCUT2D eigenvalue weighted by molar-refractivity contribution is 5.53. The van der Waals surface area contributed by atoms with Gasteiger partial charge >= 0.3 is 0 Å². The van der Waals surface area contributed by atoms with Crippen molar-refractivity contribution in [2.75, 3.05) is 7.05 Å². The summed E-state index contributed by atoms with van der Waals surface area (Å²) in [5.74, 6) is 0.602. The lowest BCUT2D eigenvalue weighted by molar-refractivity contribution is 0.798. The summed E-state index contributed by atoms with van der Waals surface area (Å²) in [7, 11) is 1.80. The molecule has 0 aliphatic heterocycles. The van der Waals surface area contributed by atoms with Gasteiger partial charge in [-0.3, -0.25) is 4.79 Å². The summed E-state index contributed by atoms with van der Waals surface area (Å²) in [4.78, 5) is 18.7. The van der Waals surface area contributed by atoms with Crippen LogP contribution in [0.1, 0.15) is 5.56 Å². The van der Waals surface area contributed by atoms with Crippen LogP contribution in [0.4, 0.5) is 0 Å². The number of aromatic nitrogens is 2. The van der Waals surface area contributed by atoms with Crippen molar-refractivity contribution in [3.8, 4) is 11.4 Å². The summed E-state index contributed by atoms with van der Waals surface area (Å²) in [5.41, 5.74) is 1.46. The normalized spacial score (nSPS) is 10.3. The van der Waals surface area contributed by atoms with Crippen LogP contribution in [0.2, 0.25) is 0 Å². The Kier molecular flexibility index (Phi) is 3.12. The number of benzene rings is 1. The summed E-state index contributed by atoms with van der Waals surface area (Å²) in [6, 6.07) is 9.58. The molecule has 2 aromatic rings. The smallest absolute Gasteiger partial charge is 0.255 e. The van der Waals surface area contributed by atoms with E-state index in [4.69, 9.17) is 0 Å². The molecule has 0 aliphatic rings. The highest BCUT2D eigenvalue weighted by atomic mass is 16.1. The van der Waals surface area contributed by atoms with Gasteiger partial charge in [0.2, 0.25) is 0 Å². The van der Waals surface area contributed by atoms with Crippen LogP contribution in [0.25, 0.3) is 11.4 Å². The molecule has 0 saturated carbocycles. The van der Waals surface area contributed by atoms with Crippen molar-refractivity contribution >= 4 is 0 Å². The van der Waals surface area contributed by atoms with E-state index in [1.807, 2.05) is 30.3 Å². The van der Waals surface area contributed by atoms with Crippen LogP contribution in [-0.2, 0) is 6.54 Å². The molecule has 0 amide bonds. The third-order valence-corrected chi connectivity index (χ3v) is 2.29.